The van der Waals surface area contributed by atoms with E-state index in [2.05, 4.69) is 10.1 Å². The van der Waals surface area contributed by atoms with Crippen molar-refractivity contribution in [3.63, 3.8) is 0 Å². The molecule has 6 heteroatoms. The molecule has 3 N–H and O–H groups in total. The third-order valence-corrected chi connectivity index (χ3v) is 4.28. The zero-order valence-electron chi connectivity index (χ0n) is 13.4. The number of hydrogen-bond acceptors (Lipinski definition) is 4. The van der Waals surface area contributed by atoms with E-state index in [1.165, 1.54) is 7.11 Å². The van der Waals surface area contributed by atoms with Crippen molar-refractivity contribution in [1.29, 1.82) is 0 Å². The summed E-state index contributed by atoms with van der Waals surface area (Å²) in [4.78, 5) is 23.2. The Kier molecular flexibility index (Phi) is 8.06. The first-order chi connectivity index (χ1) is 10.6. The molecule has 0 bridgehead atoms. The summed E-state index contributed by atoms with van der Waals surface area (Å²) < 4.78 is 4.65. The third-order valence-electron chi connectivity index (χ3n) is 4.28. The fraction of sp³-hybridized carbons (Fsp3) is 0.529. The number of nitrogens with two attached hydrogens (primary N) is 1. The molecule has 0 unspecified atom stereocenters. The van der Waals surface area contributed by atoms with E-state index >= 15 is 0 Å². The largest absolute Gasteiger partial charge is 0.465 e. The van der Waals surface area contributed by atoms with Crippen molar-refractivity contribution in [2.45, 2.75) is 38.1 Å². The molecule has 23 heavy (non-hydrogen) atoms. The fourth-order valence-corrected chi connectivity index (χ4v) is 2.90. The Labute approximate surface area is 143 Å². The molecule has 0 spiro atoms. The molecular formula is C17H25ClN2O3. The fourth-order valence-electron chi connectivity index (χ4n) is 2.90. The molecule has 2 rings (SSSR count). The topological polar surface area (TPSA) is 81.4 Å². The van der Waals surface area contributed by atoms with Crippen LogP contribution in [0.2, 0.25) is 0 Å². The predicted octanol–water partition coefficient (Wildman–Crippen LogP) is 2.07. The molecule has 0 aromatic heterocycles. The monoisotopic (exact) mass is 340 g/mol. The highest BCUT2D eigenvalue weighted by Gasteiger charge is 2.25. The van der Waals surface area contributed by atoms with Gasteiger partial charge < -0.3 is 15.8 Å². The molecule has 5 nitrogen and oxygen atoms in total. The summed E-state index contributed by atoms with van der Waals surface area (Å²) in [7, 11) is 1.36. The van der Waals surface area contributed by atoms with E-state index in [1.54, 1.807) is 12.1 Å². The predicted molar refractivity (Wildman–Crippen MR) is 91.7 cm³/mol. The summed E-state index contributed by atoms with van der Waals surface area (Å²) >= 11 is 0. The lowest BCUT2D eigenvalue weighted by Gasteiger charge is -2.14. The van der Waals surface area contributed by atoms with Crippen molar-refractivity contribution < 1.29 is 14.3 Å². The van der Waals surface area contributed by atoms with Crippen LogP contribution in [0.15, 0.2) is 24.3 Å². The minimum atomic E-state index is -0.340. The summed E-state index contributed by atoms with van der Waals surface area (Å²) in [5.41, 5.74) is 7.59. The van der Waals surface area contributed by atoms with Gasteiger partial charge in [0.05, 0.1) is 12.7 Å². The van der Waals surface area contributed by atoms with Crippen LogP contribution in [-0.2, 0) is 16.0 Å². The van der Waals surface area contributed by atoms with E-state index in [1.807, 2.05) is 12.1 Å². The molecule has 0 saturated heterocycles. The number of hydrogen-bond donors (Lipinski definition) is 2. The maximum atomic E-state index is 11.9. The maximum absolute atomic E-state index is 11.9. The Balaban J connectivity index is 0.00000264. The van der Waals surface area contributed by atoms with Gasteiger partial charge in [-0.05, 0) is 42.9 Å². The zero-order valence-corrected chi connectivity index (χ0v) is 14.2. The SMILES string of the molecule is COC(=O)c1ccc(CCNC(=O)C[C@@H]2CCC[C@H]2N)cc1.Cl. The molecule has 1 aliphatic rings. The summed E-state index contributed by atoms with van der Waals surface area (Å²) in [6.07, 6.45) is 4.49. The van der Waals surface area contributed by atoms with Gasteiger partial charge in [0.2, 0.25) is 5.91 Å². The van der Waals surface area contributed by atoms with Crippen LogP contribution in [0, 0.1) is 5.92 Å². The number of benzene rings is 1. The van der Waals surface area contributed by atoms with Gasteiger partial charge in [0.25, 0.3) is 0 Å². The van der Waals surface area contributed by atoms with Crippen LogP contribution in [0.25, 0.3) is 0 Å². The second-order valence-electron chi connectivity index (χ2n) is 5.85. The molecule has 0 radical (unpaired) electrons. The lowest BCUT2D eigenvalue weighted by atomic mass is 10.00. The van der Waals surface area contributed by atoms with Gasteiger partial charge in [-0.2, -0.15) is 0 Å². The van der Waals surface area contributed by atoms with E-state index in [9.17, 15) is 9.59 Å². The smallest absolute Gasteiger partial charge is 0.337 e. The molecule has 128 valence electrons. The highest BCUT2D eigenvalue weighted by Crippen LogP contribution is 2.26. The second-order valence-corrected chi connectivity index (χ2v) is 5.85. The molecule has 1 aromatic carbocycles. The van der Waals surface area contributed by atoms with Gasteiger partial charge in [-0.3, -0.25) is 4.79 Å². The molecule has 0 aliphatic heterocycles. The van der Waals surface area contributed by atoms with Crippen LogP contribution in [0.1, 0.15) is 41.6 Å². The molecule has 1 fully saturated rings. The lowest BCUT2D eigenvalue weighted by Crippen LogP contribution is -2.32. The van der Waals surface area contributed by atoms with Crippen molar-refractivity contribution in [2.24, 2.45) is 11.7 Å². The van der Waals surface area contributed by atoms with Gasteiger partial charge >= 0.3 is 5.97 Å². The molecule has 0 heterocycles. The van der Waals surface area contributed by atoms with Gasteiger partial charge in [-0.15, -0.1) is 12.4 Å². The number of carbonyl (C=O) groups is 2. The standard InChI is InChI=1S/C17H24N2O3.ClH/c1-22-17(21)13-7-5-12(6-8-13)9-10-19-16(20)11-14-3-2-4-15(14)18;/h5-8,14-15H,2-4,9-11,18H2,1H3,(H,19,20);1H/t14-,15+;/m0./s1. The molecular weight excluding hydrogens is 316 g/mol. The van der Waals surface area contributed by atoms with Crippen LogP contribution in [0.3, 0.4) is 0 Å². The normalized spacial score (nSPS) is 19.7. The number of halogens is 1. The van der Waals surface area contributed by atoms with Crippen molar-refractivity contribution in [3.05, 3.63) is 35.4 Å². The minimum absolute atomic E-state index is 0. The second kappa shape index (κ2) is 9.53. The van der Waals surface area contributed by atoms with Crippen molar-refractivity contribution in [1.82, 2.24) is 5.32 Å². The number of carbonyl (C=O) groups excluding carboxylic acids is 2. The van der Waals surface area contributed by atoms with E-state index < -0.39 is 0 Å². The average Bonchev–Trinajstić information content (AvgIpc) is 2.92. The van der Waals surface area contributed by atoms with E-state index in [0.717, 1.165) is 31.2 Å². The summed E-state index contributed by atoms with van der Waals surface area (Å²) in [5, 5.41) is 2.94. The maximum Gasteiger partial charge on any atom is 0.337 e. The first kappa shape index (κ1) is 19.5. The first-order valence-corrected chi connectivity index (χ1v) is 7.79. The van der Waals surface area contributed by atoms with Crippen molar-refractivity contribution in [3.8, 4) is 0 Å². The van der Waals surface area contributed by atoms with Crippen LogP contribution >= 0.6 is 12.4 Å². The summed E-state index contributed by atoms with van der Waals surface area (Å²) in [6.45, 7) is 0.596. The van der Waals surface area contributed by atoms with Gasteiger partial charge in [0.1, 0.15) is 0 Å². The quantitative estimate of drug-likeness (QED) is 0.777. The lowest BCUT2D eigenvalue weighted by molar-refractivity contribution is -0.122. The van der Waals surface area contributed by atoms with Gasteiger partial charge in [0.15, 0.2) is 0 Å². The van der Waals surface area contributed by atoms with E-state index in [-0.39, 0.29) is 30.3 Å². The number of methoxy groups -OCH3 is 1. The molecule has 1 amide bonds. The third kappa shape index (κ3) is 5.84. The van der Waals surface area contributed by atoms with E-state index in [4.69, 9.17) is 5.73 Å². The molecule has 1 aliphatic carbocycles. The number of esters is 1. The average molecular weight is 341 g/mol. The van der Waals surface area contributed by atoms with Crippen LogP contribution < -0.4 is 11.1 Å². The van der Waals surface area contributed by atoms with Crippen LogP contribution in [0.4, 0.5) is 0 Å². The Morgan fingerprint density at radius 1 is 1.26 bits per heavy atom. The number of amides is 1. The van der Waals surface area contributed by atoms with Gasteiger partial charge in [-0.25, -0.2) is 4.79 Å². The number of nitrogens with one attached hydrogen (secondary N) is 1. The van der Waals surface area contributed by atoms with Crippen molar-refractivity contribution >= 4 is 24.3 Å². The van der Waals surface area contributed by atoms with Crippen LogP contribution in [-0.4, -0.2) is 31.6 Å². The Morgan fingerprint density at radius 3 is 2.52 bits per heavy atom. The minimum Gasteiger partial charge on any atom is -0.465 e. The number of rotatable bonds is 6. The number of ether oxygens (including phenoxy) is 1. The first-order valence-electron chi connectivity index (χ1n) is 7.79. The molecule has 1 saturated carbocycles. The molecule has 1 aromatic rings. The zero-order chi connectivity index (χ0) is 15.9. The molecule has 2 atom stereocenters. The Bertz CT molecular complexity index is 519. The van der Waals surface area contributed by atoms with Crippen molar-refractivity contribution in [2.75, 3.05) is 13.7 Å². The Hall–Kier alpha value is -1.59. The summed E-state index contributed by atoms with van der Waals surface area (Å²) in [5.74, 6) is 0.0700. The van der Waals surface area contributed by atoms with E-state index in [0.29, 0.717) is 24.4 Å². The highest BCUT2D eigenvalue weighted by atomic mass is 35.5. The van der Waals surface area contributed by atoms with Gasteiger partial charge in [0, 0.05) is 19.0 Å². The van der Waals surface area contributed by atoms with Crippen LogP contribution in [0.5, 0.6) is 0 Å². The Morgan fingerprint density at radius 2 is 1.96 bits per heavy atom. The highest BCUT2D eigenvalue weighted by molar-refractivity contribution is 5.89. The van der Waals surface area contributed by atoms with Gasteiger partial charge in [-0.1, -0.05) is 18.6 Å². The summed E-state index contributed by atoms with van der Waals surface area (Å²) in [6, 6.07) is 7.41.